The quantitative estimate of drug-likeness (QED) is 0.160. The summed E-state index contributed by atoms with van der Waals surface area (Å²) in [5, 5.41) is 2.34. The van der Waals surface area contributed by atoms with Crippen LogP contribution in [0.2, 0.25) is 0 Å². The SMILES string of the molecule is CC(C)(C)c1ccc(C(C)(C)c2ccnc(-n3c4ccccc4c4ccc(Oc5cc(N6CN(c7cc(C(C)(C)C)cc(C(C)(C)C)c7)c7ccccc76)cc(C(C)(C)C)c5)cc43)c2)cc1. The first-order valence-electron chi connectivity index (χ1n) is 23.7. The lowest BCUT2D eigenvalue weighted by Gasteiger charge is -2.29. The smallest absolute Gasteiger partial charge is 0.137 e. The monoisotopic (exact) mass is 873 g/mol. The third kappa shape index (κ3) is 8.38. The van der Waals surface area contributed by atoms with E-state index in [1.54, 1.807) is 0 Å². The summed E-state index contributed by atoms with van der Waals surface area (Å²) in [7, 11) is 0. The fraction of sp³-hybridized carbons (Fsp3) is 0.328. The van der Waals surface area contributed by atoms with E-state index >= 15 is 0 Å². The third-order valence-electron chi connectivity index (χ3n) is 13.8. The molecule has 338 valence electrons. The van der Waals surface area contributed by atoms with Crippen molar-refractivity contribution in [2.75, 3.05) is 16.5 Å². The summed E-state index contributed by atoms with van der Waals surface area (Å²) in [4.78, 5) is 9.95. The van der Waals surface area contributed by atoms with Crippen LogP contribution in [0.4, 0.5) is 22.7 Å². The van der Waals surface area contributed by atoms with Gasteiger partial charge in [0.25, 0.3) is 0 Å². The van der Waals surface area contributed by atoms with Crippen LogP contribution in [0.15, 0.2) is 146 Å². The Morgan fingerprint density at radius 3 is 1.52 bits per heavy atom. The van der Waals surface area contributed by atoms with Gasteiger partial charge in [0.15, 0.2) is 0 Å². The summed E-state index contributed by atoms with van der Waals surface area (Å²) in [6, 6.07) is 51.5. The Bertz CT molecular complexity index is 3070. The summed E-state index contributed by atoms with van der Waals surface area (Å²) >= 11 is 0. The number of hydrogen-bond acceptors (Lipinski definition) is 4. The van der Waals surface area contributed by atoms with Crippen LogP contribution < -0.4 is 14.5 Å². The molecule has 0 amide bonds. The fourth-order valence-corrected chi connectivity index (χ4v) is 9.40. The molecule has 0 unspecified atom stereocenters. The molecule has 66 heavy (non-hydrogen) atoms. The Morgan fingerprint density at radius 1 is 0.409 bits per heavy atom. The molecule has 1 aliphatic rings. The Hall–Kier alpha value is -6.33. The van der Waals surface area contributed by atoms with Crippen molar-refractivity contribution in [2.24, 2.45) is 0 Å². The summed E-state index contributed by atoms with van der Waals surface area (Å²) in [5.41, 5.74) is 14.3. The molecule has 0 saturated carbocycles. The van der Waals surface area contributed by atoms with E-state index in [0.717, 1.165) is 39.4 Å². The normalized spacial score (nSPS) is 13.8. The van der Waals surface area contributed by atoms with Crippen molar-refractivity contribution in [3.8, 4) is 17.3 Å². The number of fused-ring (bicyclic) bond motifs is 4. The van der Waals surface area contributed by atoms with Crippen LogP contribution in [0.3, 0.4) is 0 Å². The standard InChI is InChI=1S/C61H68N4O/c1-57(2,3)40-23-25-41(26-24-40)61(13,14)42-29-30-62-56(36-42)65-52-20-16-15-19-50(52)51-28-27-48(38-55(51)65)66-49-35-45(60(10,11)12)34-47(37-49)64-39-63(53-21-17-18-22-54(53)64)46-32-43(58(4,5)6)31-44(33-46)59(7,8)9/h15-38H,39H2,1-14H3. The highest BCUT2D eigenvalue weighted by Crippen LogP contribution is 2.48. The summed E-state index contributed by atoms with van der Waals surface area (Å²) in [6.45, 7) is 32.8. The van der Waals surface area contributed by atoms with Gasteiger partial charge in [0.2, 0.25) is 0 Å². The molecule has 0 fully saturated rings. The summed E-state index contributed by atoms with van der Waals surface area (Å²) < 4.78 is 9.31. The lowest BCUT2D eigenvalue weighted by Crippen LogP contribution is -2.26. The number of ether oxygens (including phenoxy) is 1. The average molecular weight is 873 g/mol. The summed E-state index contributed by atoms with van der Waals surface area (Å²) in [5.74, 6) is 2.46. The molecule has 1 aliphatic heterocycles. The van der Waals surface area contributed by atoms with Crippen LogP contribution in [0.25, 0.3) is 27.6 Å². The Morgan fingerprint density at radius 2 is 0.924 bits per heavy atom. The Balaban J connectivity index is 1.11. The molecule has 6 aromatic carbocycles. The number of pyridine rings is 1. The van der Waals surface area contributed by atoms with Gasteiger partial charge in [0, 0.05) is 45.9 Å². The largest absolute Gasteiger partial charge is 0.457 e. The van der Waals surface area contributed by atoms with Crippen LogP contribution in [-0.4, -0.2) is 16.2 Å². The molecule has 0 aliphatic carbocycles. The van der Waals surface area contributed by atoms with Crippen molar-refractivity contribution in [1.82, 2.24) is 9.55 Å². The minimum absolute atomic E-state index is 0.0104. The number of nitrogens with zero attached hydrogens (tertiary/aromatic N) is 4. The van der Waals surface area contributed by atoms with Gasteiger partial charge < -0.3 is 14.5 Å². The van der Waals surface area contributed by atoms with E-state index in [9.17, 15) is 0 Å². The van der Waals surface area contributed by atoms with Crippen molar-refractivity contribution in [3.63, 3.8) is 0 Å². The zero-order valence-corrected chi connectivity index (χ0v) is 41.8. The van der Waals surface area contributed by atoms with Gasteiger partial charge in [-0.15, -0.1) is 0 Å². The highest BCUT2D eigenvalue weighted by Gasteiger charge is 2.32. The molecule has 0 radical (unpaired) electrons. The first kappa shape index (κ1) is 44.9. The van der Waals surface area contributed by atoms with E-state index in [4.69, 9.17) is 9.72 Å². The van der Waals surface area contributed by atoms with Crippen LogP contribution >= 0.6 is 0 Å². The van der Waals surface area contributed by atoms with Crippen molar-refractivity contribution in [3.05, 3.63) is 179 Å². The van der Waals surface area contributed by atoms with E-state index in [2.05, 4.69) is 251 Å². The Kier molecular flexibility index (Phi) is 10.8. The number of aromatic nitrogens is 2. The molecule has 8 aromatic rings. The first-order chi connectivity index (χ1) is 31.0. The maximum Gasteiger partial charge on any atom is 0.137 e. The second kappa shape index (κ2) is 15.9. The predicted molar refractivity (Wildman–Crippen MR) is 280 cm³/mol. The summed E-state index contributed by atoms with van der Waals surface area (Å²) in [6.07, 6.45) is 1.96. The second-order valence-electron chi connectivity index (χ2n) is 23.2. The molecule has 0 atom stereocenters. The van der Waals surface area contributed by atoms with Crippen molar-refractivity contribution < 1.29 is 4.74 Å². The first-order valence-corrected chi connectivity index (χ1v) is 23.7. The maximum atomic E-state index is 7.01. The number of benzene rings is 6. The lowest BCUT2D eigenvalue weighted by molar-refractivity contribution is 0.479. The molecule has 0 bridgehead atoms. The van der Waals surface area contributed by atoms with Crippen LogP contribution in [0, 0.1) is 0 Å². The van der Waals surface area contributed by atoms with Crippen molar-refractivity contribution >= 4 is 44.6 Å². The topological polar surface area (TPSA) is 33.5 Å². The molecule has 3 heterocycles. The van der Waals surface area contributed by atoms with Crippen LogP contribution in [-0.2, 0) is 27.1 Å². The fourth-order valence-electron chi connectivity index (χ4n) is 9.40. The maximum absolute atomic E-state index is 7.01. The van der Waals surface area contributed by atoms with Crippen LogP contribution in [0.1, 0.15) is 130 Å². The van der Waals surface area contributed by atoms with Crippen molar-refractivity contribution in [1.29, 1.82) is 0 Å². The van der Waals surface area contributed by atoms with E-state index in [0.29, 0.717) is 6.67 Å². The van der Waals surface area contributed by atoms with Gasteiger partial charge in [-0.1, -0.05) is 158 Å². The zero-order chi connectivity index (χ0) is 47.1. The molecule has 2 aromatic heterocycles. The van der Waals surface area contributed by atoms with Gasteiger partial charge in [0.05, 0.1) is 22.4 Å². The van der Waals surface area contributed by atoms with E-state index in [1.807, 2.05) is 6.20 Å². The van der Waals surface area contributed by atoms with E-state index < -0.39 is 0 Å². The van der Waals surface area contributed by atoms with Gasteiger partial charge in [0.1, 0.15) is 24.0 Å². The molecule has 0 N–H and O–H groups in total. The van der Waals surface area contributed by atoms with Gasteiger partial charge >= 0.3 is 0 Å². The third-order valence-corrected chi connectivity index (χ3v) is 13.8. The van der Waals surface area contributed by atoms with Gasteiger partial charge in [-0.25, -0.2) is 4.98 Å². The van der Waals surface area contributed by atoms with Gasteiger partial charge in [-0.3, -0.25) is 4.57 Å². The molecule has 5 nitrogen and oxygen atoms in total. The van der Waals surface area contributed by atoms with Crippen molar-refractivity contribution in [2.45, 2.75) is 124 Å². The molecule has 0 spiro atoms. The lowest BCUT2D eigenvalue weighted by atomic mass is 9.77. The van der Waals surface area contributed by atoms with Crippen LogP contribution in [0.5, 0.6) is 11.5 Å². The molecule has 0 saturated heterocycles. The highest BCUT2D eigenvalue weighted by atomic mass is 16.5. The van der Waals surface area contributed by atoms with E-state index in [-0.39, 0.29) is 27.1 Å². The predicted octanol–water partition coefficient (Wildman–Crippen LogP) is 16.7. The number of anilines is 4. The number of hydrogen-bond donors (Lipinski definition) is 0. The van der Waals surface area contributed by atoms with Gasteiger partial charge in [-0.05, 0) is 122 Å². The Labute approximate surface area is 394 Å². The minimum Gasteiger partial charge on any atom is -0.457 e. The van der Waals surface area contributed by atoms with Gasteiger partial charge in [-0.2, -0.15) is 0 Å². The number of rotatable bonds is 7. The highest BCUT2D eigenvalue weighted by molar-refractivity contribution is 6.09. The van der Waals surface area contributed by atoms with E-state index in [1.165, 1.54) is 55.8 Å². The molecule has 9 rings (SSSR count). The number of para-hydroxylation sites is 3. The molecular weight excluding hydrogens is 805 g/mol. The zero-order valence-electron chi connectivity index (χ0n) is 41.8. The molecule has 5 heteroatoms. The molecular formula is C61H68N4O. The average Bonchev–Trinajstić information content (AvgIpc) is 3.81. The second-order valence-corrected chi connectivity index (χ2v) is 23.2. The minimum atomic E-state index is -0.240.